The molecule has 0 unspecified atom stereocenters. The van der Waals surface area contributed by atoms with E-state index in [-0.39, 0.29) is 23.8 Å². The number of benzene rings is 1. The van der Waals surface area contributed by atoms with Crippen LogP contribution in [0.1, 0.15) is 16.7 Å². The van der Waals surface area contributed by atoms with E-state index in [1.807, 2.05) is 0 Å². The highest BCUT2D eigenvalue weighted by atomic mass is 32.2. The molecule has 0 amide bonds. The van der Waals surface area contributed by atoms with Gasteiger partial charge >= 0.3 is 6.18 Å². The topological polar surface area (TPSA) is 62.3 Å². The number of anilines is 1. The molecule has 2 heterocycles. The van der Waals surface area contributed by atoms with Gasteiger partial charge in [0.25, 0.3) is 0 Å². The molecule has 134 valence electrons. The molecule has 0 fully saturated rings. The number of hydrogen-bond acceptors (Lipinski definition) is 4. The number of sulfonamides is 1. The fourth-order valence-electron chi connectivity index (χ4n) is 2.99. The Kier molecular flexibility index (Phi) is 4.46. The molecule has 3 rings (SSSR count). The van der Waals surface area contributed by atoms with Crippen LogP contribution in [0.5, 0.6) is 0 Å². The van der Waals surface area contributed by atoms with Crippen molar-refractivity contribution in [3.8, 4) is 0 Å². The molecule has 5 nitrogen and oxygen atoms in total. The number of alkyl halides is 3. The summed E-state index contributed by atoms with van der Waals surface area (Å²) in [6.45, 7) is 0.422. The van der Waals surface area contributed by atoms with Crippen molar-refractivity contribution in [3.63, 3.8) is 0 Å². The molecule has 1 aliphatic heterocycles. The van der Waals surface area contributed by atoms with Crippen LogP contribution in [0.3, 0.4) is 0 Å². The smallest absolute Gasteiger partial charge is 0.351 e. The van der Waals surface area contributed by atoms with E-state index in [0.717, 1.165) is 6.07 Å². The summed E-state index contributed by atoms with van der Waals surface area (Å²) in [6, 6.07) is 7.08. The highest BCUT2D eigenvalue weighted by Gasteiger charge is 2.36. The molecule has 1 aromatic heterocycles. The van der Waals surface area contributed by atoms with Crippen molar-refractivity contribution in [1.82, 2.24) is 9.71 Å². The van der Waals surface area contributed by atoms with E-state index in [4.69, 9.17) is 0 Å². The summed E-state index contributed by atoms with van der Waals surface area (Å²) >= 11 is 0. The Labute approximate surface area is 143 Å². The van der Waals surface area contributed by atoms with Crippen LogP contribution in [0.4, 0.5) is 19.0 Å². The monoisotopic (exact) mass is 371 g/mol. The number of halogens is 3. The van der Waals surface area contributed by atoms with Gasteiger partial charge in [-0.3, -0.25) is 0 Å². The fraction of sp³-hybridized carbons (Fsp3) is 0.312. The molecule has 9 heteroatoms. The van der Waals surface area contributed by atoms with Gasteiger partial charge in [0.05, 0.1) is 10.5 Å². The third kappa shape index (κ3) is 3.34. The van der Waals surface area contributed by atoms with Crippen molar-refractivity contribution >= 4 is 15.8 Å². The zero-order chi connectivity index (χ0) is 18.2. The van der Waals surface area contributed by atoms with Crippen LogP contribution in [-0.4, -0.2) is 27.0 Å². The Morgan fingerprint density at radius 1 is 1.20 bits per heavy atom. The van der Waals surface area contributed by atoms with Gasteiger partial charge in [-0.25, -0.2) is 18.1 Å². The van der Waals surface area contributed by atoms with Crippen LogP contribution < -0.4 is 9.62 Å². The van der Waals surface area contributed by atoms with Crippen molar-refractivity contribution in [2.45, 2.75) is 24.0 Å². The Bertz CT molecular complexity index is 898. The second-order valence-electron chi connectivity index (χ2n) is 5.65. The van der Waals surface area contributed by atoms with E-state index < -0.39 is 21.8 Å². The molecule has 0 aliphatic carbocycles. The molecule has 0 spiro atoms. The van der Waals surface area contributed by atoms with Crippen molar-refractivity contribution in [2.75, 3.05) is 18.5 Å². The molecule has 0 atom stereocenters. The lowest BCUT2D eigenvalue weighted by Gasteiger charge is -2.32. The molecule has 1 aromatic carbocycles. The van der Waals surface area contributed by atoms with Crippen molar-refractivity contribution in [1.29, 1.82) is 0 Å². The molecule has 0 saturated carbocycles. The van der Waals surface area contributed by atoms with Crippen LogP contribution in [0.2, 0.25) is 0 Å². The van der Waals surface area contributed by atoms with Crippen molar-refractivity contribution in [2.24, 2.45) is 0 Å². The summed E-state index contributed by atoms with van der Waals surface area (Å²) in [4.78, 5) is 5.60. The first-order valence-corrected chi connectivity index (χ1v) is 9.04. The Hall–Kier alpha value is -2.13. The molecular weight excluding hydrogens is 355 g/mol. The fourth-order valence-corrected chi connectivity index (χ4v) is 4.02. The maximum atomic E-state index is 13.2. The second kappa shape index (κ2) is 6.30. The van der Waals surface area contributed by atoms with Gasteiger partial charge in [0.15, 0.2) is 0 Å². The predicted octanol–water partition coefficient (Wildman–Crippen LogP) is 2.57. The predicted molar refractivity (Wildman–Crippen MR) is 86.7 cm³/mol. The molecule has 0 bridgehead atoms. The van der Waals surface area contributed by atoms with E-state index in [0.29, 0.717) is 17.5 Å². The summed E-state index contributed by atoms with van der Waals surface area (Å²) in [5, 5.41) is 0. The van der Waals surface area contributed by atoms with Crippen LogP contribution in [0.15, 0.2) is 41.4 Å². The zero-order valence-corrected chi connectivity index (χ0v) is 14.2. The number of nitrogens with zero attached hydrogens (tertiary/aromatic N) is 2. The van der Waals surface area contributed by atoms with Crippen LogP contribution in [0, 0.1) is 0 Å². The Balaban J connectivity index is 2.00. The number of fused-ring (bicyclic) bond motifs is 1. The second-order valence-corrected chi connectivity index (χ2v) is 7.50. The van der Waals surface area contributed by atoms with Gasteiger partial charge in [-0.1, -0.05) is 12.1 Å². The zero-order valence-electron chi connectivity index (χ0n) is 13.3. The molecular formula is C16H16F3N3O2S. The third-order valence-electron chi connectivity index (χ3n) is 4.17. The third-order valence-corrected chi connectivity index (χ3v) is 5.67. The maximum absolute atomic E-state index is 13.2. The molecule has 1 aliphatic rings. The van der Waals surface area contributed by atoms with Crippen molar-refractivity contribution < 1.29 is 21.6 Å². The van der Waals surface area contributed by atoms with Gasteiger partial charge in [0.1, 0.15) is 5.82 Å². The van der Waals surface area contributed by atoms with Gasteiger partial charge in [0, 0.05) is 19.3 Å². The molecule has 2 aromatic rings. The lowest BCUT2D eigenvalue weighted by atomic mass is 9.99. The van der Waals surface area contributed by atoms with Gasteiger partial charge in [0.2, 0.25) is 10.0 Å². The van der Waals surface area contributed by atoms with Crippen LogP contribution in [-0.2, 0) is 29.2 Å². The summed E-state index contributed by atoms with van der Waals surface area (Å²) in [6.07, 6.45) is -2.86. The average molecular weight is 371 g/mol. The SMILES string of the molecule is CNS(=O)(=O)c1cccc2c1CCN(c1ncccc1C(F)(F)F)C2. The van der Waals surface area contributed by atoms with Crippen LogP contribution in [0.25, 0.3) is 0 Å². The van der Waals surface area contributed by atoms with Crippen molar-refractivity contribution in [3.05, 3.63) is 53.2 Å². The highest BCUT2D eigenvalue weighted by Crippen LogP contribution is 2.37. The maximum Gasteiger partial charge on any atom is 0.419 e. The first kappa shape index (κ1) is 17.7. The van der Waals surface area contributed by atoms with Gasteiger partial charge in [-0.15, -0.1) is 0 Å². The lowest BCUT2D eigenvalue weighted by molar-refractivity contribution is -0.137. The summed E-state index contributed by atoms with van der Waals surface area (Å²) in [5.41, 5.74) is 0.524. The van der Waals surface area contributed by atoms with E-state index in [9.17, 15) is 21.6 Å². The summed E-state index contributed by atoms with van der Waals surface area (Å²) in [7, 11) is -2.29. The summed E-state index contributed by atoms with van der Waals surface area (Å²) < 4.78 is 66.2. The van der Waals surface area contributed by atoms with E-state index in [1.54, 1.807) is 12.1 Å². The van der Waals surface area contributed by atoms with Gasteiger partial charge in [-0.05, 0) is 42.8 Å². The standard InChI is InChI=1S/C16H16F3N3O2S/c1-20-25(23,24)14-6-2-4-11-10-22(9-7-12(11)14)15-13(16(17,18)19)5-3-8-21-15/h2-6,8,20H,7,9-10H2,1H3. The number of rotatable bonds is 3. The van der Waals surface area contributed by atoms with Gasteiger partial charge in [-0.2, -0.15) is 13.2 Å². The number of hydrogen-bond donors (Lipinski definition) is 1. The van der Waals surface area contributed by atoms with E-state index in [1.165, 1.54) is 30.3 Å². The first-order chi connectivity index (χ1) is 11.7. The Morgan fingerprint density at radius 3 is 2.64 bits per heavy atom. The minimum absolute atomic E-state index is 0.137. The minimum atomic E-state index is -4.50. The number of pyridine rings is 1. The molecule has 0 radical (unpaired) electrons. The van der Waals surface area contributed by atoms with Gasteiger partial charge < -0.3 is 4.90 Å². The average Bonchev–Trinajstić information content (AvgIpc) is 2.60. The van der Waals surface area contributed by atoms with E-state index >= 15 is 0 Å². The first-order valence-electron chi connectivity index (χ1n) is 7.55. The lowest BCUT2D eigenvalue weighted by Crippen LogP contribution is -2.34. The quantitative estimate of drug-likeness (QED) is 0.901. The normalized spacial score (nSPS) is 15.1. The molecule has 1 N–H and O–H groups in total. The summed E-state index contributed by atoms with van der Waals surface area (Å²) in [5.74, 6) is -0.137. The highest BCUT2D eigenvalue weighted by molar-refractivity contribution is 7.89. The molecule has 0 saturated heterocycles. The number of nitrogens with one attached hydrogen (secondary N) is 1. The Morgan fingerprint density at radius 2 is 1.96 bits per heavy atom. The number of aromatic nitrogens is 1. The minimum Gasteiger partial charge on any atom is -0.351 e. The van der Waals surface area contributed by atoms with E-state index in [2.05, 4.69) is 9.71 Å². The van der Waals surface area contributed by atoms with Crippen LogP contribution >= 0.6 is 0 Å². The molecule has 25 heavy (non-hydrogen) atoms. The largest absolute Gasteiger partial charge is 0.419 e.